The lowest BCUT2D eigenvalue weighted by atomic mass is 10.2. The number of carboxylic acid groups (broad SMARTS) is 1. The Balaban J connectivity index is 1.84. The molecule has 176 valence electrons. The minimum absolute atomic E-state index is 0.0526. The summed E-state index contributed by atoms with van der Waals surface area (Å²) in [4.78, 5) is 38.9. The van der Waals surface area contributed by atoms with Gasteiger partial charge in [0.2, 0.25) is 0 Å². The first kappa shape index (κ1) is 24.5. The van der Waals surface area contributed by atoms with E-state index in [1.807, 2.05) is 13.8 Å². The topological polar surface area (TPSA) is 111 Å². The van der Waals surface area contributed by atoms with Crippen LogP contribution in [-0.4, -0.2) is 51.9 Å². The van der Waals surface area contributed by atoms with Crippen LogP contribution in [0.1, 0.15) is 25.8 Å². The molecule has 1 aliphatic rings. The van der Waals surface area contributed by atoms with Gasteiger partial charge in [0.15, 0.2) is 6.29 Å². The van der Waals surface area contributed by atoms with Gasteiger partial charge in [-0.05, 0) is 49.7 Å². The van der Waals surface area contributed by atoms with E-state index in [-0.39, 0.29) is 25.6 Å². The molecule has 4 amide bonds. The van der Waals surface area contributed by atoms with Crippen molar-refractivity contribution in [3.63, 3.8) is 0 Å². The molecule has 0 aromatic heterocycles. The van der Waals surface area contributed by atoms with Gasteiger partial charge < -0.3 is 15.2 Å². The number of imide groups is 1. The molecule has 9 nitrogen and oxygen atoms in total. The van der Waals surface area contributed by atoms with E-state index in [0.717, 1.165) is 10.5 Å². The van der Waals surface area contributed by atoms with E-state index in [0.29, 0.717) is 21.5 Å². The summed E-state index contributed by atoms with van der Waals surface area (Å²) in [7, 11) is 0. The zero-order chi connectivity index (χ0) is 24.1. The van der Waals surface area contributed by atoms with Crippen molar-refractivity contribution in [1.29, 1.82) is 0 Å². The normalized spacial score (nSPS) is 16.1. The van der Waals surface area contributed by atoms with Gasteiger partial charge in [0.05, 0.1) is 24.1 Å². The second-order valence-electron chi connectivity index (χ2n) is 7.64. The minimum atomic E-state index is -1.11. The van der Waals surface area contributed by atoms with Gasteiger partial charge in [-0.25, -0.2) is 14.5 Å². The molecule has 33 heavy (non-hydrogen) atoms. The Morgan fingerprint density at radius 1 is 1.18 bits per heavy atom. The molecule has 1 saturated heterocycles. The molecule has 2 aromatic rings. The van der Waals surface area contributed by atoms with Crippen LogP contribution in [0.2, 0.25) is 10.0 Å². The van der Waals surface area contributed by atoms with Gasteiger partial charge in [0.25, 0.3) is 0 Å². The van der Waals surface area contributed by atoms with Crippen LogP contribution >= 0.6 is 23.2 Å². The van der Waals surface area contributed by atoms with Gasteiger partial charge in [-0.2, -0.15) is 0 Å². The van der Waals surface area contributed by atoms with Gasteiger partial charge in [0.1, 0.15) is 5.75 Å². The fraction of sp³-hybridized carbons (Fsp3) is 0.318. The number of ether oxygens (including phenoxy) is 1. The average Bonchev–Trinajstić information content (AvgIpc) is 2.73. The predicted molar refractivity (Wildman–Crippen MR) is 125 cm³/mol. The smallest absolute Gasteiger partial charge is 0.331 e. The van der Waals surface area contributed by atoms with Crippen LogP contribution in [0.5, 0.6) is 5.75 Å². The lowest BCUT2D eigenvalue weighted by molar-refractivity contribution is -0.137. The first-order valence-electron chi connectivity index (χ1n) is 10.2. The summed E-state index contributed by atoms with van der Waals surface area (Å²) >= 11 is 12.3. The quantitative estimate of drug-likeness (QED) is 0.469. The number of carbonyl (C=O) groups is 3. The van der Waals surface area contributed by atoms with Crippen LogP contribution in [0.25, 0.3) is 0 Å². The number of hydrogen-bond acceptors (Lipinski definition) is 5. The number of benzene rings is 2. The maximum Gasteiger partial charge on any atom is 0.331 e. The molecular formula is C22H24Cl2N4O5. The van der Waals surface area contributed by atoms with Crippen LogP contribution in [-0.2, 0) is 11.3 Å². The minimum Gasteiger partial charge on any atom is -0.489 e. The van der Waals surface area contributed by atoms with Crippen molar-refractivity contribution < 1.29 is 24.2 Å². The van der Waals surface area contributed by atoms with Gasteiger partial charge in [0, 0.05) is 17.3 Å². The van der Waals surface area contributed by atoms with Crippen LogP contribution in [0.3, 0.4) is 0 Å². The van der Waals surface area contributed by atoms with E-state index in [2.05, 4.69) is 10.6 Å². The molecule has 0 saturated carbocycles. The Labute approximate surface area is 201 Å². The van der Waals surface area contributed by atoms with Gasteiger partial charge in [-0.15, -0.1) is 0 Å². The zero-order valence-electron chi connectivity index (χ0n) is 18.0. The molecule has 3 rings (SSSR count). The Kier molecular flexibility index (Phi) is 7.88. The second-order valence-corrected chi connectivity index (χ2v) is 8.48. The van der Waals surface area contributed by atoms with Crippen LogP contribution in [0.15, 0.2) is 42.5 Å². The third kappa shape index (κ3) is 6.43. The molecule has 1 unspecified atom stereocenters. The highest BCUT2D eigenvalue weighted by Crippen LogP contribution is 2.29. The van der Waals surface area contributed by atoms with Gasteiger partial charge in [-0.1, -0.05) is 35.3 Å². The number of nitrogens with one attached hydrogen (secondary N) is 2. The first-order chi connectivity index (χ1) is 15.6. The summed E-state index contributed by atoms with van der Waals surface area (Å²) in [6, 6.07) is 10.6. The Morgan fingerprint density at radius 2 is 1.88 bits per heavy atom. The third-order valence-electron chi connectivity index (χ3n) is 4.71. The highest BCUT2D eigenvalue weighted by Gasteiger charge is 2.38. The summed E-state index contributed by atoms with van der Waals surface area (Å²) < 4.78 is 5.63. The van der Waals surface area contributed by atoms with Crippen molar-refractivity contribution in [3.8, 4) is 5.75 Å². The van der Waals surface area contributed by atoms with Gasteiger partial charge >= 0.3 is 18.0 Å². The summed E-state index contributed by atoms with van der Waals surface area (Å²) in [5.74, 6) is -0.600. The molecule has 1 heterocycles. The largest absolute Gasteiger partial charge is 0.489 e. The number of rotatable bonds is 9. The van der Waals surface area contributed by atoms with Crippen molar-refractivity contribution in [3.05, 3.63) is 58.1 Å². The van der Waals surface area contributed by atoms with Crippen molar-refractivity contribution in [2.75, 3.05) is 11.9 Å². The van der Waals surface area contributed by atoms with E-state index in [1.54, 1.807) is 42.5 Å². The van der Waals surface area contributed by atoms with E-state index in [4.69, 9.17) is 33.0 Å². The monoisotopic (exact) mass is 494 g/mol. The van der Waals surface area contributed by atoms with E-state index < -0.39 is 24.3 Å². The van der Waals surface area contributed by atoms with Crippen LogP contribution in [0, 0.1) is 0 Å². The molecule has 0 spiro atoms. The summed E-state index contributed by atoms with van der Waals surface area (Å²) in [6.45, 7) is 3.66. The Morgan fingerprint density at radius 3 is 2.48 bits per heavy atom. The molecule has 0 bridgehead atoms. The lowest BCUT2D eigenvalue weighted by Crippen LogP contribution is -2.67. The average molecular weight is 495 g/mol. The number of halogens is 2. The third-order valence-corrected chi connectivity index (χ3v) is 5.25. The fourth-order valence-corrected chi connectivity index (χ4v) is 3.54. The molecular weight excluding hydrogens is 471 g/mol. The number of nitrogens with zero attached hydrogens (tertiary/aromatic N) is 2. The van der Waals surface area contributed by atoms with Crippen molar-refractivity contribution in [2.45, 2.75) is 39.2 Å². The maximum absolute atomic E-state index is 13.1. The number of amides is 4. The number of anilines is 1. The van der Waals surface area contributed by atoms with Crippen LogP contribution < -0.4 is 15.4 Å². The molecule has 1 fully saturated rings. The van der Waals surface area contributed by atoms with Crippen molar-refractivity contribution in [2.24, 2.45) is 0 Å². The molecule has 3 N–H and O–H groups in total. The predicted octanol–water partition coefficient (Wildman–Crippen LogP) is 4.60. The highest BCUT2D eigenvalue weighted by atomic mass is 35.5. The summed E-state index contributed by atoms with van der Waals surface area (Å²) in [6.07, 6.45) is -1.32. The van der Waals surface area contributed by atoms with Crippen LogP contribution in [0.4, 0.5) is 15.3 Å². The number of aliphatic carboxylic acids is 1. The van der Waals surface area contributed by atoms with E-state index in [1.165, 1.54) is 4.90 Å². The molecule has 1 atom stereocenters. The lowest BCUT2D eigenvalue weighted by Gasteiger charge is -2.41. The Hall–Kier alpha value is -3.17. The molecule has 0 radical (unpaired) electrons. The number of hydrogen-bond donors (Lipinski definition) is 3. The van der Waals surface area contributed by atoms with E-state index >= 15 is 0 Å². The standard InChI is InChI=1S/C22H24Cl2N4O5/c1-13(2)33-18-8-7-16(11-17(18)24)25-20-26-21(31)27(10-9-19(29)30)22(32)28(20)12-14-3-5-15(23)6-4-14/h3-8,11,13,20,25H,9-10,12H2,1-2H3,(H,26,31)(H,29,30). The summed E-state index contributed by atoms with van der Waals surface area (Å²) in [5, 5.41) is 15.7. The molecule has 1 aliphatic heterocycles. The van der Waals surface area contributed by atoms with Crippen molar-refractivity contribution in [1.82, 2.24) is 15.1 Å². The zero-order valence-corrected chi connectivity index (χ0v) is 19.6. The number of carboxylic acids is 1. The number of urea groups is 2. The van der Waals surface area contributed by atoms with E-state index in [9.17, 15) is 14.4 Å². The second kappa shape index (κ2) is 10.6. The fourth-order valence-electron chi connectivity index (χ4n) is 3.19. The maximum atomic E-state index is 13.1. The SMILES string of the molecule is CC(C)Oc1ccc(NC2NC(=O)N(CCC(=O)O)C(=O)N2Cc2ccc(Cl)cc2)cc1Cl. The first-order valence-corrected chi connectivity index (χ1v) is 11.0. The van der Waals surface area contributed by atoms with Crippen molar-refractivity contribution >= 4 is 46.9 Å². The van der Waals surface area contributed by atoms with Gasteiger partial charge in [-0.3, -0.25) is 15.0 Å². The molecule has 11 heteroatoms. The molecule has 2 aromatic carbocycles. The number of carbonyl (C=O) groups excluding carboxylic acids is 2. The summed E-state index contributed by atoms with van der Waals surface area (Å²) in [5.41, 5.74) is 1.32. The molecule has 0 aliphatic carbocycles. The Bertz CT molecular complexity index is 1030. The highest BCUT2D eigenvalue weighted by molar-refractivity contribution is 6.32.